The number of hydrogen-bond donors (Lipinski definition) is 0. The van der Waals surface area contributed by atoms with Gasteiger partial charge in [-0.3, -0.25) is 9.69 Å². The molecular weight excluding hydrogens is 416 g/mol. The van der Waals surface area contributed by atoms with Gasteiger partial charge in [-0.15, -0.1) is 0 Å². The number of esters is 1. The first-order valence-corrected chi connectivity index (χ1v) is 11.1. The van der Waals surface area contributed by atoms with Crippen LogP contribution in [0.25, 0.3) is 0 Å². The Morgan fingerprint density at radius 2 is 1.77 bits per heavy atom. The van der Waals surface area contributed by atoms with Gasteiger partial charge in [0.1, 0.15) is 10.4 Å². The molecule has 5 nitrogen and oxygen atoms in total. The van der Waals surface area contributed by atoms with E-state index in [1.54, 1.807) is 13.1 Å². The summed E-state index contributed by atoms with van der Waals surface area (Å²) in [7, 11) is 0. The monoisotopic (exact) mass is 440 g/mol. The molecule has 1 fully saturated rings. The van der Waals surface area contributed by atoms with Crippen LogP contribution in [-0.2, 0) is 20.7 Å². The van der Waals surface area contributed by atoms with Gasteiger partial charge in [-0.05, 0) is 31.5 Å². The SMILES string of the molecule is CCOC(=O)[C@@H](Cc1ccccc1)N1C(=O)/C(=C/N(CC)c2ccccc2)SC1=S. The van der Waals surface area contributed by atoms with Gasteiger partial charge in [0.15, 0.2) is 0 Å². The first-order chi connectivity index (χ1) is 14.5. The molecule has 2 aromatic carbocycles. The number of rotatable bonds is 8. The summed E-state index contributed by atoms with van der Waals surface area (Å²) in [4.78, 5) is 29.9. The van der Waals surface area contributed by atoms with Gasteiger partial charge < -0.3 is 9.64 Å². The van der Waals surface area contributed by atoms with Crippen LogP contribution in [0.2, 0.25) is 0 Å². The van der Waals surface area contributed by atoms with E-state index >= 15 is 0 Å². The quantitative estimate of drug-likeness (QED) is 0.345. The van der Waals surface area contributed by atoms with Gasteiger partial charge in [-0.2, -0.15) is 0 Å². The molecule has 1 saturated heterocycles. The maximum Gasteiger partial charge on any atom is 0.329 e. The molecule has 0 aliphatic carbocycles. The van der Waals surface area contributed by atoms with Crippen LogP contribution in [0.4, 0.5) is 5.69 Å². The van der Waals surface area contributed by atoms with E-state index in [-0.39, 0.29) is 12.5 Å². The summed E-state index contributed by atoms with van der Waals surface area (Å²) < 4.78 is 5.63. The minimum atomic E-state index is -0.794. The maximum atomic E-state index is 13.3. The molecular formula is C23H24N2O3S2. The molecule has 0 N–H and O–H groups in total. The number of carbonyl (C=O) groups is 2. The van der Waals surface area contributed by atoms with Crippen LogP contribution in [0.3, 0.4) is 0 Å². The van der Waals surface area contributed by atoms with Gasteiger partial charge in [-0.1, -0.05) is 72.5 Å². The van der Waals surface area contributed by atoms with Crippen molar-refractivity contribution in [1.29, 1.82) is 0 Å². The molecule has 0 saturated carbocycles. The number of thiocarbonyl (C=S) groups is 1. The molecule has 0 unspecified atom stereocenters. The smallest absolute Gasteiger partial charge is 0.329 e. The second-order valence-corrected chi connectivity index (χ2v) is 8.29. The summed E-state index contributed by atoms with van der Waals surface area (Å²) in [5.41, 5.74) is 1.92. The van der Waals surface area contributed by atoms with Gasteiger partial charge in [-0.25, -0.2) is 4.79 Å². The van der Waals surface area contributed by atoms with Crippen LogP contribution in [-0.4, -0.2) is 40.3 Å². The number of anilines is 1. The van der Waals surface area contributed by atoms with E-state index in [0.717, 1.165) is 11.3 Å². The predicted octanol–water partition coefficient (Wildman–Crippen LogP) is 4.39. The molecule has 0 spiro atoms. The highest BCUT2D eigenvalue weighted by Gasteiger charge is 2.41. The van der Waals surface area contributed by atoms with E-state index < -0.39 is 12.0 Å². The minimum Gasteiger partial charge on any atom is -0.464 e. The summed E-state index contributed by atoms with van der Waals surface area (Å²) in [6, 6.07) is 18.6. The van der Waals surface area contributed by atoms with E-state index in [0.29, 0.717) is 22.2 Å². The number of amides is 1. The van der Waals surface area contributed by atoms with Crippen LogP contribution in [0.1, 0.15) is 19.4 Å². The summed E-state index contributed by atoms with van der Waals surface area (Å²) >= 11 is 6.71. The van der Waals surface area contributed by atoms with Crippen LogP contribution < -0.4 is 4.90 Å². The van der Waals surface area contributed by atoms with Crippen LogP contribution in [0.5, 0.6) is 0 Å². The molecule has 7 heteroatoms. The normalized spacial score (nSPS) is 16.1. The van der Waals surface area contributed by atoms with Crippen molar-refractivity contribution in [2.45, 2.75) is 26.3 Å². The molecule has 1 atom stereocenters. The van der Waals surface area contributed by atoms with Crippen molar-refractivity contribution in [3.63, 3.8) is 0 Å². The molecule has 1 amide bonds. The fourth-order valence-corrected chi connectivity index (χ4v) is 4.55. The Bertz CT molecular complexity index is 932. The van der Waals surface area contributed by atoms with Gasteiger partial charge >= 0.3 is 5.97 Å². The number of ether oxygens (including phenoxy) is 1. The molecule has 1 heterocycles. The van der Waals surface area contributed by atoms with Gasteiger partial charge in [0.25, 0.3) is 5.91 Å². The van der Waals surface area contributed by atoms with Crippen molar-refractivity contribution >= 4 is 45.9 Å². The highest BCUT2D eigenvalue weighted by Crippen LogP contribution is 2.34. The summed E-state index contributed by atoms with van der Waals surface area (Å²) in [5, 5.41) is 0. The molecule has 156 valence electrons. The first kappa shape index (κ1) is 22.1. The van der Waals surface area contributed by atoms with Gasteiger partial charge in [0.2, 0.25) is 0 Å². The molecule has 0 bridgehead atoms. The number of thioether (sulfide) groups is 1. The number of hydrogen-bond acceptors (Lipinski definition) is 6. The van der Waals surface area contributed by atoms with E-state index in [2.05, 4.69) is 0 Å². The highest BCUT2D eigenvalue weighted by molar-refractivity contribution is 8.26. The first-order valence-electron chi connectivity index (χ1n) is 9.84. The van der Waals surface area contributed by atoms with Crippen molar-refractivity contribution in [1.82, 2.24) is 4.90 Å². The zero-order chi connectivity index (χ0) is 21.5. The van der Waals surface area contributed by atoms with Crippen molar-refractivity contribution in [2.24, 2.45) is 0 Å². The Balaban J connectivity index is 1.88. The number of nitrogens with zero attached hydrogens (tertiary/aromatic N) is 2. The topological polar surface area (TPSA) is 49.9 Å². The Morgan fingerprint density at radius 3 is 2.37 bits per heavy atom. The predicted molar refractivity (Wildman–Crippen MR) is 125 cm³/mol. The molecule has 3 rings (SSSR count). The number of benzene rings is 2. The van der Waals surface area contributed by atoms with E-state index in [9.17, 15) is 9.59 Å². The third-order valence-corrected chi connectivity index (χ3v) is 5.99. The lowest BCUT2D eigenvalue weighted by Gasteiger charge is -2.25. The number of carbonyl (C=O) groups excluding carboxylic acids is 2. The lowest BCUT2D eigenvalue weighted by atomic mass is 10.0. The Kier molecular flexibility index (Phi) is 7.65. The standard InChI is InChI=1S/C23H24N2O3S2/c1-3-24(18-13-9-6-10-14-18)16-20-21(26)25(23(29)30-20)19(22(27)28-4-2)15-17-11-7-5-8-12-17/h5-14,16,19H,3-4,15H2,1-2H3/b20-16-/t19-/m1/s1. The molecule has 2 aromatic rings. The minimum absolute atomic E-state index is 0.242. The molecule has 0 radical (unpaired) electrons. The zero-order valence-electron chi connectivity index (χ0n) is 17.0. The Morgan fingerprint density at radius 1 is 1.13 bits per heavy atom. The summed E-state index contributed by atoms with van der Waals surface area (Å²) in [5.74, 6) is -0.720. The summed E-state index contributed by atoms with van der Waals surface area (Å²) in [6.07, 6.45) is 2.15. The fraction of sp³-hybridized carbons (Fsp3) is 0.261. The zero-order valence-corrected chi connectivity index (χ0v) is 18.6. The van der Waals surface area contributed by atoms with Crippen molar-refractivity contribution in [2.75, 3.05) is 18.1 Å². The largest absolute Gasteiger partial charge is 0.464 e. The Hall–Kier alpha value is -2.64. The average molecular weight is 441 g/mol. The highest BCUT2D eigenvalue weighted by atomic mass is 32.2. The van der Waals surface area contributed by atoms with E-state index in [4.69, 9.17) is 17.0 Å². The average Bonchev–Trinajstić information content (AvgIpc) is 3.04. The van der Waals surface area contributed by atoms with Crippen LogP contribution in [0, 0.1) is 0 Å². The summed E-state index contributed by atoms with van der Waals surface area (Å²) in [6.45, 7) is 4.70. The molecule has 30 heavy (non-hydrogen) atoms. The fourth-order valence-electron chi connectivity index (χ4n) is 3.20. The van der Waals surface area contributed by atoms with Crippen LogP contribution >= 0.6 is 24.0 Å². The van der Waals surface area contributed by atoms with E-state index in [1.807, 2.05) is 72.5 Å². The van der Waals surface area contributed by atoms with Gasteiger partial charge in [0.05, 0.1) is 11.5 Å². The molecule has 0 aromatic heterocycles. The van der Waals surface area contributed by atoms with Crippen LogP contribution in [0.15, 0.2) is 71.8 Å². The second kappa shape index (κ2) is 10.4. The number of para-hydroxylation sites is 1. The third kappa shape index (κ3) is 5.09. The third-order valence-electron chi connectivity index (χ3n) is 4.67. The maximum absolute atomic E-state index is 13.3. The second-order valence-electron chi connectivity index (χ2n) is 6.62. The molecule has 1 aliphatic rings. The molecule has 1 aliphatic heterocycles. The van der Waals surface area contributed by atoms with Gasteiger partial charge in [0, 0.05) is 24.9 Å². The Labute approximate surface area is 186 Å². The van der Waals surface area contributed by atoms with Crippen molar-refractivity contribution in [3.8, 4) is 0 Å². The van der Waals surface area contributed by atoms with Crippen molar-refractivity contribution in [3.05, 3.63) is 77.3 Å². The lowest BCUT2D eigenvalue weighted by molar-refractivity contribution is -0.150. The van der Waals surface area contributed by atoms with Crippen molar-refractivity contribution < 1.29 is 14.3 Å². The van der Waals surface area contributed by atoms with E-state index in [1.165, 1.54) is 16.7 Å². The lowest BCUT2D eigenvalue weighted by Crippen LogP contribution is -2.46.